The van der Waals surface area contributed by atoms with E-state index in [9.17, 15) is 14.5 Å². The largest absolute Gasteiger partial charge is 0.469 e. The molecule has 0 aliphatic carbocycles. The summed E-state index contributed by atoms with van der Waals surface area (Å²) in [5.74, 6) is -0.582. The summed E-state index contributed by atoms with van der Waals surface area (Å²) in [7, 11) is -4.83. The van der Waals surface area contributed by atoms with E-state index in [0.29, 0.717) is 16.7 Å². The van der Waals surface area contributed by atoms with Crippen molar-refractivity contribution < 1.29 is 38.3 Å². The van der Waals surface area contributed by atoms with Crippen LogP contribution < -0.4 is 5.73 Å². The number of nitrogen functional groups attached to an aromatic ring is 1. The van der Waals surface area contributed by atoms with Crippen LogP contribution in [0.4, 0.5) is 5.82 Å². The van der Waals surface area contributed by atoms with Gasteiger partial charge < -0.3 is 30.1 Å². The number of hydrogen-bond acceptors (Lipinski definition) is 10. The number of benzene rings is 1. The Morgan fingerprint density at radius 3 is 2.61 bits per heavy atom. The van der Waals surface area contributed by atoms with Gasteiger partial charge in [-0.15, -0.1) is 0 Å². The lowest BCUT2D eigenvalue weighted by atomic mass is 10.0. The molecule has 0 bridgehead atoms. The molecule has 33 heavy (non-hydrogen) atoms. The molecular formula is C19H22N5O8P. The Hall–Kier alpha value is -2.93. The zero-order valence-corrected chi connectivity index (χ0v) is 18.5. The van der Waals surface area contributed by atoms with Crippen LogP contribution in [0.2, 0.25) is 0 Å². The molecule has 5 N–H and O–H groups in total. The van der Waals surface area contributed by atoms with Gasteiger partial charge in [-0.25, -0.2) is 24.3 Å². The highest BCUT2D eigenvalue weighted by Crippen LogP contribution is 2.40. The number of carbonyl (C=O) groups is 1. The van der Waals surface area contributed by atoms with Gasteiger partial charge in [0.2, 0.25) is 0 Å². The first-order valence-electron chi connectivity index (χ1n) is 9.80. The molecule has 3 aromatic rings. The fraction of sp³-hybridized carbons (Fsp3) is 0.368. The zero-order valence-electron chi connectivity index (χ0n) is 17.6. The van der Waals surface area contributed by atoms with E-state index < -0.39 is 44.9 Å². The predicted octanol–water partition coefficient (Wildman–Crippen LogP) is 0.619. The first-order valence-corrected chi connectivity index (χ1v) is 11.3. The molecule has 13 nitrogen and oxygen atoms in total. The second-order valence-corrected chi connectivity index (χ2v) is 8.80. The van der Waals surface area contributed by atoms with Crippen LogP contribution in [-0.2, 0) is 18.6 Å². The van der Waals surface area contributed by atoms with Crippen molar-refractivity contribution in [3.8, 4) is 0 Å². The number of rotatable bonds is 6. The normalized spacial score (nSPS) is 23.2. The third kappa shape index (κ3) is 4.60. The minimum atomic E-state index is -4.83. The van der Waals surface area contributed by atoms with Gasteiger partial charge in [-0.05, 0) is 25.0 Å². The number of aliphatic hydroxyl groups is 1. The van der Waals surface area contributed by atoms with Gasteiger partial charge in [0.15, 0.2) is 23.8 Å². The van der Waals surface area contributed by atoms with Gasteiger partial charge in [0.25, 0.3) is 0 Å². The van der Waals surface area contributed by atoms with E-state index in [1.54, 1.807) is 32.0 Å². The number of fused-ring (bicyclic) bond motifs is 1. The van der Waals surface area contributed by atoms with Crippen LogP contribution in [0.3, 0.4) is 0 Å². The molecule has 1 aromatic carbocycles. The highest BCUT2D eigenvalue weighted by atomic mass is 31.2. The molecule has 0 saturated carbocycles. The topological polar surface area (TPSA) is 192 Å². The molecule has 2 aromatic heterocycles. The number of anilines is 1. The number of aliphatic hydroxyl groups excluding tert-OH is 1. The van der Waals surface area contributed by atoms with E-state index in [1.165, 1.54) is 17.2 Å². The van der Waals surface area contributed by atoms with Crippen LogP contribution in [0, 0.1) is 13.8 Å². The Morgan fingerprint density at radius 1 is 1.24 bits per heavy atom. The van der Waals surface area contributed by atoms with Crippen molar-refractivity contribution in [2.24, 2.45) is 0 Å². The molecule has 1 fully saturated rings. The van der Waals surface area contributed by atoms with Crippen molar-refractivity contribution in [3.05, 3.63) is 47.5 Å². The lowest BCUT2D eigenvalue weighted by Gasteiger charge is -2.22. The Labute approximate surface area is 187 Å². The van der Waals surface area contributed by atoms with E-state index in [2.05, 4.69) is 19.5 Å². The van der Waals surface area contributed by atoms with Crippen LogP contribution in [-0.4, -0.2) is 65.3 Å². The fourth-order valence-corrected chi connectivity index (χ4v) is 4.09. The number of nitrogens with two attached hydrogens (primary N) is 1. The number of phosphoric ester groups is 1. The minimum absolute atomic E-state index is 0.114. The molecule has 176 valence electrons. The average molecular weight is 479 g/mol. The monoisotopic (exact) mass is 479 g/mol. The summed E-state index contributed by atoms with van der Waals surface area (Å²) >= 11 is 0. The number of nitrogens with zero attached hydrogens (tertiary/aromatic N) is 4. The second kappa shape index (κ2) is 8.78. The lowest BCUT2D eigenvalue weighted by molar-refractivity contribution is -0.0559. The van der Waals surface area contributed by atoms with E-state index in [0.717, 1.165) is 0 Å². The Bertz CT molecular complexity index is 1220. The summed E-state index contributed by atoms with van der Waals surface area (Å²) in [4.78, 5) is 43.2. The van der Waals surface area contributed by atoms with Gasteiger partial charge in [0.05, 0.1) is 18.5 Å². The standard InChI is InChI=1S/C19H22N5O8P/c1-9-4-3-5-10(2)12(9)19(26)32-15-14(25)11(6-30-33(27,28)29)31-18(15)24-8-23-13-16(20)21-7-22-17(13)24/h3-5,7-8,11,14-15,18,25H,6H2,1-2H3,(H2,20,21,22)(H2,27,28,29)/t11-,14-,15-,18-/m1/s1. The van der Waals surface area contributed by atoms with Crippen LogP contribution in [0.5, 0.6) is 0 Å². The van der Waals surface area contributed by atoms with Gasteiger partial charge in [-0.2, -0.15) is 0 Å². The summed E-state index contributed by atoms with van der Waals surface area (Å²) in [6.45, 7) is 2.86. The van der Waals surface area contributed by atoms with Crippen LogP contribution in [0.1, 0.15) is 27.7 Å². The fourth-order valence-electron chi connectivity index (χ4n) is 3.75. The molecule has 0 amide bonds. The van der Waals surface area contributed by atoms with Gasteiger partial charge in [0, 0.05) is 0 Å². The molecule has 0 unspecified atom stereocenters. The Kier molecular flexibility index (Phi) is 6.18. The van der Waals surface area contributed by atoms with E-state index in [-0.39, 0.29) is 17.0 Å². The molecule has 0 spiro atoms. The summed E-state index contributed by atoms with van der Waals surface area (Å²) in [6, 6.07) is 5.31. The summed E-state index contributed by atoms with van der Waals surface area (Å²) in [6.07, 6.45) is -2.58. The first kappa shape index (κ1) is 23.2. The molecule has 3 heterocycles. The average Bonchev–Trinajstić information content (AvgIpc) is 3.28. The number of phosphoric acid groups is 1. The molecule has 0 radical (unpaired) electrons. The number of ether oxygens (including phenoxy) is 2. The van der Waals surface area contributed by atoms with Crippen LogP contribution in [0.25, 0.3) is 11.2 Å². The number of aromatic nitrogens is 4. The maximum atomic E-state index is 13.0. The van der Waals surface area contributed by atoms with Gasteiger partial charge in [0.1, 0.15) is 24.1 Å². The van der Waals surface area contributed by atoms with Gasteiger partial charge in [-0.3, -0.25) is 9.09 Å². The van der Waals surface area contributed by atoms with Crippen molar-refractivity contribution in [2.75, 3.05) is 12.3 Å². The maximum Gasteiger partial charge on any atom is 0.469 e. The maximum absolute atomic E-state index is 13.0. The quantitative estimate of drug-likeness (QED) is 0.285. The van der Waals surface area contributed by atoms with Crippen LogP contribution in [0.15, 0.2) is 30.9 Å². The number of hydrogen-bond donors (Lipinski definition) is 4. The van der Waals surface area contributed by atoms with Crippen molar-refractivity contribution in [2.45, 2.75) is 38.4 Å². The number of aryl methyl sites for hydroxylation is 2. The number of esters is 1. The number of imidazole rings is 1. The molecule has 1 aliphatic heterocycles. The molecular weight excluding hydrogens is 457 g/mol. The first-order chi connectivity index (χ1) is 15.6. The van der Waals surface area contributed by atoms with E-state index >= 15 is 0 Å². The third-order valence-electron chi connectivity index (χ3n) is 5.31. The highest BCUT2D eigenvalue weighted by molar-refractivity contribution is 7.46. The molecule has 4 rings (SSSR count). The Morgan fingerprint density at radius 2 is 1.94 bits per heavy atom. The molecule has 14 heteroatoms. The molecule has 4 atom stereocenters. The molecule has 1 aliphatic rings. The minimum Gasteiger partial charge on any atom is -0.451 e. The van der Waals surface area contributed by atoms with E-state index in [4.69, 9.17) is 25.0 Å². The van der Waals surface area contributed by atoms with Gasteiger partial charge in [-0.1, -0.05) is 18.2 Å². The molecule has 1 saturated heterocycles. The predicted molar refractivity (Wildman–Crippen MR) is 113 cm³/mol. The lowest BCUT2D eigenvalue weighted by Crippen LogP contribution is -2.37. The SMILES string of the molecule is Cc1cccc(C)c1C(=O)O[C@@H]1[C@H](O)[C@@H](COP(=O)(O)O)O[C@H]1n1cnc2c(N)ncnc21. The smallest absolute Gasteiger partial charge is 0.451 e. The Balaban J connectivity index is 1.69. The zero-order chi connectivity index (χ0) is 23.9. The van der Waals surface area contributed by atoms with Crippen molar-refractivity contribution in [1.82, 2.24) is 19.5 Å². The van der Waals surface area contributed by atoms with Crippen LogP contribution >= 0.6 is 7.82 Å². The van der Waals surface area contributed by atoms with Crippen molar-refractivity contribution in [3.63, 3.8) is 0 Å². The van der Waals surface area contributed by atoms with Gasteiger partial charge >= 0.3 is 13.8 Å². The summed E-state index contributed by atoms with van der Waals surface area (Å²) in [5, 5.41) is 10.8. The number of carbonyl (C=O) groups excluding carboxylic acids is 1. The summed E-state index contributed by atoms with van der Waals surface area (Å²) in [5.41, 5.74) is 8.05. The third-order valence-corrected chi connectivity index (χ3v) is 5.79. The summed E-state index contributed by atoms with van der Waals surface area (Å²) < 4.78 is 28.5. The van der Waals surface area contributed by atoms with Crippen molar-refractivity contribution >= 4 is 30.8 Å². The van der Waals surface area contributed by atoms with E-state index in [1.807, 2.05) is 0 Å². The highest BCUT2D eigenvalue weighted by Gasteiger charge is 2.48. The van der Waals surface area contributed by atoms with Crippen molar-refractivity contribution in [1.29, 1.82) is 0 Å². The second-order valence-electron chi connectivity index (χ2n) is 7.56.